The lowest BCUT2D eigenvalue weighted by Gasteiger charge is -2.09. The zero-order chi connectivity index (χ0) is 19.2. The number of benzene rings is 2. The summed E-state index contributed by atoms with van der Waals surface area (Å²) in [6.07, 6.45) is 0.979. The molecule has 1 aliphatic rings. The Morgan fingerprint density at radius 3 is 2.56 bits per heavy atom. The number of hydrogen-bond donors (Lipinski definition) is 2. The van der Waals surface area contributed by atoms with E-state index in [1.807, 2.05) is 12.1 Å². The van der Waals surface area contributed by atoms with E-state index in [0.717, 1.165) is 5.56 Å². The summed E-state index contributed by atoms with van der Waals surface area (Å²) in [5.41, 5.74) is 1.59. The Bertz CT molecular complexity index is 855. The van der Waals surface area contributed by atoms with Gasteiger partial charge < -0.3 is 5.32 Å². The van der Waals surface area contributed by atoms with E-state index in [0.29, 0.717) is 22.8 Å². The van der Waals surface area contributed by atoms with Crippen molar-refractivity contribution >= 4 is 35.2 Å². The topological polar surface area (TPSA) is 75.3 Å². The molecule has 3 amide bonds. The van der Waals surface area contributed by atoms with Gasteiger partial charge in [-0.3, -0.25) is 19.7 Å². The highest BCUT2D eigenvalue weighted by molar-refractivity contribution is 7.99. The lowest BCUT2D eigenvalue weighted by molar-refractivity contribution is -0.125. The standard InChI is InChI=1S/C20H19FN2O3S/c21-16-3-1-2-4-17(16)27-10-9-18(24)22-15-7-5-13(6-8-15)11-14-12-19(25)23-20(14)26/h1-8,14H,9-12H2,(H,22,24)(H,23,25,26). The van der Waals surface area contributed by atoms with Gasteiger partial charge in [0.2, 0.25) is 17.7 Å². The van der Waals surface area contributed by atoms with E-state index >= 15 is 0 Å². The molecule has 0 radical (unpaired) electrons. The maximum atomic E-state index is 13.5. The summed E-state index contributed by atoms with van der Waals surface area (Å²) in [5.74, 6) is -0.737. The van der Waals surface area contributed by atoms with Gasteiger partial charge in [0.1, 0.15) is 5.82 Å². The summed E-state index contributed by atoms with van der Waals surface area (Å²) in [5, 5.41) is 5.10. The Hall–Kier alpha value is -2.67. The van der Waals surface area contributed by atoms with Crippen LogP contribution >= 0.6 is 11.8 Å². The average molecular weight is 386 g/mol. The molecule has 0 bridgehead atoms. The van der Waals surface area contributed by atoms with Crippen LogP contribution < -0.4 is 10.6 Å². The fourth-order valence-electron chi connectivity index (χ4n) is 2.82. The third-order valence-electron chi connectivity index (χ3n) is 4.21. The number of hydrogen-bond acceptors (Lipinski definition) is 4. The molecule has 1 unspecified atom stereocenters. The number of nitrogens with one attached hydrogen (secondary N) is 2. The van der Waals surface area contributed by atoms with Crippen LogP contribution in [0.25, 0.3) is 0 Å². The molecule has 0 aliphatic carbocycles. The van der Waals surface area contributed by atoms with Gasteiger partial charge in [-0.2, -0.15) is 0 Å². The second-order valence-electron chi connectivity index (χ2n) is 6.29. The number of carbonyl (C=O) groups excluding carboxylic acids is 3. The van der Waals surface area contributed by atoms with Crippen molar-refractivity contribution < 1.29 is 18.8 Å². The third kappa shape index (κ3) is 5.40. The van der Waals surface area contributed by atoms with Gasteiger partial charge >= 0.3 is 0 Å². The van der Waals surface area contributed by atoms with Crippen LogP contribution in [0, 0.1) is 11.7 Å². The summed E-state index contributed by atoms with van der Waals surface area (Å²) < 4.78 is 13.5. The molecule has 1 saturated heterocycles. The highest BCUT2D eigenvalue weighted by Gasteiger charge is 2.30. The van der Waals surface area contributed by atoms with Crippen molar-refractivity contribution in [2.24, 2.45) is 5.92 Å². The van der Waals surface area contributed by atoms with Crippen molar-refractivity contribution in [3.8, 4) is 0 Å². The lowest BCUT2D eigenvalue weighted by Crippen LogP contribution is -2.22. The van der Waals surface area contributed by atoms with E-state index < -0.39 is 0 Å². The molecule has 7 heteroatoms. The first-order valence-corrected chi connectivity index (χ1v) is 9.59. The Balaban J connectivity index is 1.45. The Kier molecular flexibility index (Phi) is 6.24. The molecule has 2 aromatic rings. The van der Waals surface area contributed by atoms with E-state index in [4.69, 9.17) is 0 Å². The second kappa shape index (κ2) is 8.81. The lowest BCUT2D eigenvalue weighted by atomic mass is 9.98. The van der Waals surface area contributed by atoms with Crippen LogP contribution in [0.15, 0.2) is 53.4 Å². The van der Waals surface area contributed by atoms with Crippen LogP contribution in [-0.4, -0.2) is 23.5 Å². The monoisotopic (exact) mass is 386 g/mol. The van der Waals surface area contributed by atoms with E-state index in [2.05, 4.69) is 10.6 Å². The molecule has 0 saturated carbocycles. The predicted octanol–water partition coefficient (Wildman–Crippen LogP) is 3.15. The zero-order valence-electron chi connectivity index (χ0n) is 14.5. The van der Waals surface area contributed by atoms with Gasteiger partial charge in [0.05, 0.1) is 5.92 Å². The van der Waals surface area contributed by atoms with Gasteiger partial charge in [0.25, 0.3) is 0 Å². The molecule has 140 valence electrons. The van der Waals surface area contributed by atoms with E-state index in [1.165, 1.54) is 17.8 Å². The van der Waals surface area contributed by atoms with Crippen molar-refractivity contribution in [2.75, 3.05) is 11.1 Å². The van der Waals surface area contributed by atoms with Crippen LogP contribution in [0.5, 0.6) is 0 Å². The largest absolute Gasteiger partial charge is 0.326 e. The molecule has 5 nitrogen and oxygen atoms in total. The summed E-state index contributed by atoms with van der Waals surface area (Å²) in [6.45, 7) is 0. The van der Waals surface area contributed by atoms with Gasteiger partial charge in [0.15, 0.2) is 0 Å². The highest BCUT2D eigenvalue weighted by Crippen LogP contribution is 2.22. The minimum atomic E-state index is -0.326. The van der Waals surface area contributed by atoms with Gasteiger partial charge in [-0.05, 0) is 36.2 Å². The van der Waals surface area contributed by atoms with Crippen molar-refractivity contribution in [1.82, 2.24) is 5.32 Å². The Labute approximate surface area is 160 Å². The molecular weight excluding hydrogens is 367 g/mol. The molecule has 0 spiro atoms. The molecule has 0 aromatic heterocycles. The van der Waals surface area contributed by atoms with Crippen LogP contribution in [0.3, 0.4) is 0 Å². The highest BCUT2D eigenvalue weighted by atomic mass is 32.2. The first-order chi connectivity index (χ1) is 13.0. The van der Waals surface area contributed by atoms with Gasteiger partial charge in [-0.15, -0.1) is 11.8 Å². The first-order valence-electron chi connectivity index (χ1n) is 8.61. The smallest absolute Gasteiger partial charge is 0.230 e. The zero-order valence-corrected chi connectivity index (χ0v) is 15.4. The van der Waals surface area contributed by atoms with Crippen LogP contribution in [-0.2, 0) is 20.8 Å². The number of amides is 3. The minimum Gasteiger partial charge on any atom is -0.326 e. The van der Waals surface area contributed by atoms with Crippen molar-refractivity contribution in [3.05, 3.63) is 59.9 Å². The number of carbonyl (C=O) groups is 3. The second-order valence-corrected chi connectivity index (χ2v) is 7.43. The number of imide groups is 1. The SMILES string of the molecule is O=C1CC(Cc2ccc(NC(=O)CCSc3ccccc3F)cc2)C(=O)N1. The maximum Gasteiger partial charge on any atom is 0.230 e. The number of rotatable bonds is 7. The number of halogens is 1. The Morgan fingerprint density at radius 2 is 1.89 bits per heavy atom. The number of thioether (sulfide) groups is 1. The fourth-order valence-corrected chi connectivity index (χ4v) is 3.71. The van der Waals surface area contributed by atoms with Gasteiger partial charge in [-0.25, -0.2) is 4.39 Å². The normalized spacial score (nSPS) is 16.3. The van der Waals surface area contributed by atoms with Crippen molar-refractivity contribution in [1.29, 1.82) is 0 Å². The summed E-state index contributed by atoms with van der Waals surface area (Å²) in [4.78, 5) is 35.4. The summed E-state index contributed by atoms with van der Waals surface area (Å²) in [7, 11) is 0. The fraction of sp³-hybridized carbons (Fsp3) is 0.250. The van der Waals surface area contributed by atoms with Crippen LogP contribution in [0.1, 0.15) is 18.4 Å². The molecular formula is C20H19FN2O3S. The molecule has 1 fully saturated rings. The van der Waals surface area contributed by atoms with Crippen molar-refractivity contribution in [3.63, 3.8) is 0 Å². The molecule has 2 N–H and O–H groups in total. The predicted molar refractivity (Wildman–Crippen MR) is 102 cm³/mol. The average Bonchev–Trinajstić information content (AvgIpc) is 2.95. The molecule has 27 heavy (non-hydrogen) atoms. The molecule has 1 heterocycles. The van der Waals surface area contributed by atoms with Crippen LogP contribution in [0.2, 0.25) is 0 Å². The van der Waals surface area contributed by atoms with Crippen molar-refractivity contribution in [2.45, 2.75) is 24.2 Å². The van der Waals surface area contributed by atoms with Gasteiger partial charge in [-0.1, -0.05) is 24.3 Å². The number of anilines is 1. The van der Waals surface area contributed by atoms with E-state index in [-0.39, 0.29) is 42.3 Å². The quantitative estimate of drug-likeness (QED) is 0.566. The van der Waals surface area contributed by atoms with E-state index in [9.17, 15) is 18.8 Å². The molecule has 3 rings (SSSR count). The van der Waals surface area contributed by atoms with Gasteiger partial charge in [0, 0.05) is 29.2 Å². The third-order valence-corrected chi connectivity index (χ3v) is 5.26. The van der Waals surface area contributed by atoms with Crippen LogP contribution in [0.4, 0.5) is 10.1 Å². The molecule has 1 aliphatic heterocycles. The Morgan fingerprint density at radius 1 is 1.15 bits per heavy atom. The first kappa shape index (κ1) is 19.1. The summed E-state index contributed by atoms with van der Waals surface area (Å²) >= 11 is 1.31. The van der Waals surface area contributed by atoms with E-state index in [1.54, 1.807) is 30.3 Å². The summed E-state index contributed by atoms with van der Waals surface area (Å²) in [6, 6.07) is 13.7. The molecule has 1 atom stereocenters. The molecule has 2 aromatic carbocycles. The maximum absolute atomic E-state index is 13.5. The minimum absolute atomic E-state index is 0.146.